The molecule has 0 aliphatic heterocycles. The normalized spacial score (nSPS) is 17.7. The van der Waals surface area contributed by atoms with Crippen LogP contribution in [0.5, 0.6) is 0 Å². The van der Waals surface area contributed by atoms with E-state index in [1.54, 1.807) is 18.3 Å². The Kier molecular flexibility index (Phi) is 6.57. The molecule has 0 spiro atoms. The van der Waals surface area contributed by atoms with Gasteiger partial charge in [-0.2, -0.15) is 0 Å². The lowest BCUT2D eigenvalue weighted by atomic mass is 9.77. The van der Waals surface area contributed by atoms with E-state index in [1.165, 1.54) is 0 Å². The number of carbonyl (C=O) groups excluding carboxylic acids is 1. The fourth-order valence-corrected chi connectivity index (χ4v) is 2.86. The molecular weight excluding hydrogens is 293 g/mol. The standard InChI is InChI=1S/C11H17N3OS.2ClH/c1-7-6-16-10(13-7)11(4-3-5-11)14-9(15)8(2)12;;/h6,8H,3-5,12H2,1-2H3,(H,14,15);2*1H. The Morgan fingerprint density at radius 1 is 1.56 bits per heavy atom. The fourth-order valence-electron chi connectivity index (χ4n) is 1.85. The summed E-state index contributed by atoms with van der Waals surface area (Å²) in [5.74, 6) is -0.0902. The van der Waals surface area contributed by atoms with Gasteiger partial charge in [0.05, 0.1) is 11.6 Å². The number of amides is 1. The first kappa shape index (κ1) is 17.6. The highest BCUT2D eigenvalue weighted by atomic mass is 35.5. The highest BCUT2D eigenvalue weighted by Gasteiger charge is 2.42. The molecule has 2 rings (SSSR count). The predicted molar refractivity (Wildman–Crippen MR) is 78.7 cm³/mol. The van der Waals surface area contributed by atoms with Crippen LogP contribution in [0.4, 0.5) is 0 Å². The van der Waals surface area contributed by atoms with Crippen molar-refractivity contribution in [2.24, 2.45) is 5.73 Å². The third-order valence-electron chi connectivity index (χ3n) is 3.01. The zero-order chi connectivity index (χ0) is 11.8. The van der Waals surface area contributed by atoms with E-state index in [0.717, 1.165) is 30.0 Å². The van der Waals surface area contributed by atoms with Crippen molar-refractivity contribution in [2.75, 3.05) is 0 Å². The SMILES string of the molecule is Cc1csc(C2(NC(=O)C(C)N)CCC2)n1.Cl.Cl. The maximum Gasteiger partial charge on any atom is 0.237 e. The first-order valence-electron chi connectivity index (χ1n) is 5.54. The largest absolute Gasteiger partial charge is 0.343 e. The van der Waals surface area contributed by atoms with Gasteiger partial charge in [0.1, 0.15) is 5.01 Å². The van der Waals surface area contributed by atoms with Crippen LogP contribution in [0.1, 0.15) is 36.9 Å². The molecule has 1 aliphatic rings. The summed E-state index contributed by atoms with van der Waals surface area (Å²) in [5, 5.41) is 6.08. The molecule has 1 atom stereocenters. The zero-order valence-corrected chi connectivity index (χ0v) is 12.9. The molecule has 0 bridgehead atoms. The minimum Gasteiger partial charge on any atom is -0.343 e. The summed E-state index contributed by atoms with van der Waals surface area (Å²) in [4.78, 5) is 16.2. The zero-order valence-electron chi connectivity index (χ0n) is 10.4. The van der Waals surface area contributed by atoms with Crippen LogP contribution in [0.2, 0.25) is 0 Å². The summed E-state index contributed by atoms with van der Waals surface area (Å²) in [6.45, 7) is 3.68. The maximum absolute atomic E-state index is 11.7. The predicted octanol–water partition coefficient (Wildman–Crippen LogP) is 2.14. The molecule has 18 heavy (non-hydrogen) atoms. The minimum atomic E-state index is -0.460. The molecule has 0 aromatic carbocycles. The molecule has 7 heteroatoms. The van der Waals surface area contributed by atoms with Crippen LogP contribution < -0.4 is 11.1 Å². The Bertz CT molecular complexity index is 405. The average Bonchev–Trinajstić information content (AvgIpc) is 2.58. The van der Waals surface area contributed by atoms with E-state index < -0.39 is 6.04 Å². The summed E-state index contributed by atoms with van der Waals surface area (Å²) >= 11 is 1.62. The maximum atomic E-state index is 11.7. The molecular formula is C11H19Cl2N3OS. The highest BCUT2D eigenvalue weighted by molar-refractivity contribution is 7.09. The molecule has 3 N–H and O–H groups in total. The second kappa shape index (κ2) is 6.70. The van der Waals surface area contributed by atoms with Crippen LogP contribution in [0.15, 0.2) is 5.38 Å². The Labute approximate surface area is 124 Å². The fraction of sp³-hybridized carbons (Fsp3) is 0.636. The number of thiazole rings is 1. The number of nitrogens with zero attached hydrogens (tertiary/aromatic N) is 1. The molecule has 1 unspecified atom stereocenters. The molecule has 1 fully saturated rings. The van der Waals surface area contributed by atoms with Gasteiger partial charge in [-0.15, -0.1) is 36.2 Å². The molecule has 104 valence electrons. The van der Waals surface area contributed by atoms with Gasteiger partial charge in [0.2, 0.25) is 5.91 Å². The van der Waals surface area contributed by atoms with Gasteiger partial charge >= 0.3 is 0 Å². The average molecular weight is 312 g/mol. The summed E-state index contributed by atoms with van der Waals surface area (Å²) < 4.78 is 0. The monoisotopic (exact) mass is 311 g/mol. The van der Waals surface area contributed by atoms with Crippen LogP contribution in [-0.2, 0) is 10.3 Å². The van der Waals surface area contributed by atoms with Gasteiger partial charge in [-0.3, -0.25) is 4.79 Å². The van der Waals surface area contributed by atoms with Crippen molar-refractivity contribution in [3.63, 3.8) is 0 Å². The molecule has 0 saturated heterocycles. The first-order valence-corrected chi connectivity index (χ1v) is 6.42. The number of aryl methyl sites for hydroxylation is 1. The number of hydrogen-bond acceptors (Lipinski definition) is 4. The van der Waals surface area contributed by atoms with Crippen LogP contribution in [0.25, 0.3) is 0 Å². The summed E-state index contributed by atoms with van der Waals surface area (Å²) in [5.41, 5.74) is 6.36. The van der Waals surface area contributed by atoms with Gasteiger partial charge in [0, 0.05) is 11.1 Å². The summed E-state index contributed by atoms with van der Waals surface area (Å²) in [6, 6.07) is -0.460. The van der Waals surface area contributed by atoms with E-state index >= 15 is 0 Å². The molecule has 0 radical (unpaired) electrons. The molecule has 4 nitrogen and oxygen atoms in total. The van der Waals surface area contributed by atoms with Crippen molar-refractivity contribution in [1.82, 2.24) is 10.3 Å². The van der Waals surface area contributed by atoms with Gasteiger partial charge < -0.3 is 11.1 Å². The number of rotatable bonds is 3. The lowest BCUT2D eigenvalue weighted by Gasteiger charge is -2.41. The van der Waals surface area contributed by atoms with Crippen LogP contribution in [0.3, 0.4) is 0 Å². The van der Waals surface area contributed by atoms with Gasteiger partial charge in [-0.1, -0.05) is 0 Å². The number of carbonyl (C=O) groups is 1. The molecule has 1 aromatic heterocycles. The second-order valence-corrected chi connectivity index (χ2v) is 5.37. The Hall–Kier alpha value is -0.360. The van der Waals surface area contributed by atoms with Crippen LogP contribution in [-0.4, -0.2) is 16.9 Å². The van der Waals surface area contributed by atoms with Crippen molar-refractivity contribution < 1.29 is 4.79 Å². The highest BCUT2D eigenvalue weighted by Crippen LogP contribution is 2.42. The lowest BCUT2D eigenvalue weighted by Crippen LogP contribution is -2.54. The Morgan fingerprint density at radius 3 is 2.50 bits per heavy atom. The van der Waals surface area contributed by atoms with Gasteiger partial charge in [-0.05, 0) is 33.1 Å². The smallest absolute Gasteiger partial charge is 0.237 e. The molecule has 1 amide bonds. The molecule has 1 saturated carbocycles. The van der Waals surface area contributed by atoms with E-state index in [4.69, 9.17) is 5.73 Å². The van der Waals surface area contributed by atoms with Gasteiger partial charge in [0.25, 0.3) is 0 Å². The Balaban J connectivity index is 0.00000144. The van der Waals surface area contributed by atoms with E-state index in [-0.39, 0.29) is 36.3 Å². The minimum absolute atomic E-state index is 0. The quantitative estimate of drug-likeness (QED) is 0.898. The number of hydrogen-bond donors (Lipinski definition) is 2. The van der Waals surface area contributed by atoms with Crippen LogP contribution in [0, 0.1) is 6.92 Å². The van der Waals surface area contributed by atoms with E-state index in [0.29, 0.717) is 0 Å². The third-order valence-corrected chi connectivity index (χ3v) is 4.18. The van der Waals surface area contributed by atoms with Gasteiger partial charge in [0.15, 0.2) is 0 Å². The van der Waals surface area contributed by atoms with E-state index in [2.05, 4.69) is 10.3 Å². The first-order chi connectivity index (χ1) is 7.53. The van der Waals surface area contributed by atoms with Crippen LogP contribution >= 0.6 is 36.2 Å². The van der Waals surface area contributed by atoms with Crippen molar-refractivity contribution in [3.8, 4) is 0 Å². The number of nitrogens with two attached hydrogens (primary N) is 1. The Morgan fingerprint density at radius 2 is 2.17 bits per heavy atom. The number of aromatic nitrogens is 1. The second-order valence-electron chi connectivity index (χ2n) is 4.51. The van der Waals surface area contributed by atoms with Crippen molar-refractivity contribution in [2.45, 2.75) is 44.7 Å². The molecule has 1 aliphatic carbocycles. The molecule has 1 heterocycles. The third kappa shape index (κ3) is 3.35. The van der Waals surface area contributed by atoms with E-state index in [9.17, 15) is 4.79 Å². The number of nitrogens with one attached hydrogen (secondary N) is 1. The molecule has 1 aromatic rings. The summed E-state index contributed by atoms with van der Waals surface area (Å²) in [6.07, 6.45) is 3.08. The number of halogens is 2. The topological polar surface area (TPSA) is 68.0 Å². The van der Waals surface area contributed by atoms with Crippen molar-refractivity contribution in [1.29, 1.82) is 0 Å². The van der Waals surface area contributed by atoms with E-state index in [1.807, 2.05) is 12.3 Å². The lowest BCUT2D eigenvalue weighted by molar-refractivity contribution is -0.125. The summed E-state index contributed by atoms with van der Waals surface area (Å²) in [7, 11) is 0. The van der Waals surface area contributed by atoms with Crippen molar-refractivity contribution in [3.05, 3.63) is 16.1 Å². The van der Waals surface area contributed by atoms with Crippen molar-refractivity contribution >= 4 is 42.1 Å². The van der Waals surface area contributed by atoms with Gasteiger partial charge in [-0.25, -0.2) is 4.98 Å².